The first-order valence-electron chi connectivity index (χ1n) is 3.98. The molecule has 84 valence electrons. The molecule has 0 heterocycles. The van der Waals surface area contributed by atoms with Crippen LogP contribution >= 0.6 is 0 Å². The molecule has 15 heavy (non-hydrogen) atoms. The van der Waals surface area contributed by atoms with E-state index in [4.69, 9.17) is 5.73 Å². The Bertz CT molecular complexity index is 379. The molecule has 2 N–H and O–H groups in total. The molecule has 0 bridgehead atoms. The second-order valence-electron chi connectivity index (χ2n) is 3.67. The molecule has 0 spiro atoms. The molecule has 0 aliphatic heterocycles. The molecule has 0 saturated heterocycles. The van der Waals surface area contributed by atoms with Gasteiger partial charge in [0.2, 0.25) is 5.82 Å². The minimum Gasteiger partial charge on any atom is -0.322 e. The molecular weight excluding hydrogens is 217 g/mol. The minimum atomic E-state index is -2.18. The van der Waals surface area contributed by atoms with Crippen LogP contribution in [0.4, 0.5) is 22.0 Å². The SMILES string of the molecule is CC(C)(N)c1c(F)c(F)c(F)c(F)c1F. The summed E-state index contributed by atoms with van der Waals surface area (Å²) in [6, 6.07) is 0. The Hall–Kier alpha value is -1.17. The molecule has 0 aliphatic carbocycles. The fourth-order valence-corrected chi connectivity index (χ4v) is 1.17. The zero-order valence-corrected chi connectivity index (χ0v) is 7.97. The Labute approximate surface area is 82.7 Å². The molecular formula is C9H8F5N. The topological polar surface area (TPSA) is 26.0 Å². The molecule has 1 aromatic carbocycles. The van der Waals surface area contributed by atoms with Gasteiger partial charge in [0.25, 0.3) is 0 Å². The van der Waals surface area contributed by atoms with Crippen molar-refractivity contribution >= 4 is 0 Å². The summed E-state index contributed by atoms with van der Waals surface area (Å²) in [6.07, 6.45) is 0. The van der Waals surface area contributed by atoms with Crippen LogP contribution in [-0.4, -0.2) is 0 Å². The Kier molecular flexibility index (Phi) is 2.73. The number of benzene rings is 1. The number of halogens is 5. The Morgan fingerprint density at radius 2 is 1.00 bits per heavy atom. The summed E-state index contributed by atoms with van der Waals surface area (Å²) in [5, 5.41) is 0. The maximum absolute atomic E-state index is 13.1. The first-order chi connectivity index (χ1) is 6.68. The van der Waals surface area contributed by atoms with Gasteiger partial charge >= 0.3 is 0 Å². The van der Waals surface area contributed by atoms with Crippen molar-refractivity contribution in [2.45, 2.75) is 19.4 Å². The first-order valence-corrected chi connectivity index (χ1v) is 3.98. The van der Waals surface area contributed by atoms with Gasteiger partial charge in [-0.3, -0.25) is 0 Å². The smallest absolute Gasteiger partial charge is 0.200 e. The zero-order chi connectivity index (χ0) is 12.0. The lowest BCUT2D eigenvalue weighted by molar-refractivity contribution is 0.349. The summed E-state index contributed by atoms with van der Waals surface area (Å²) in [5.41, 5.74) is 2.65. The highest BCUT2D eigenvalue weighted by Gasteiger charge is 2.32. The first kappa shape index (κ1) is 11.9. The van der Waals surface area contributed by atoms with Crippen molar-refractivity contribution in [3.05, 3.63) is 34.6 Å². The lowest BCUT2D eigenvalue weighted by Crippen LogP contribution is -2.32. The van der Waals surface area contributed by atoms with E-state index < -0.39 is 40.2 Å². The normalized spacial score (nSPS) is 12.0. The molecule has 0 aromatic heterocycles. The van der Waals surface area contributed by atoms with E-state index in [0.717, 1.165) is 13.8 Å². The lowest BCUT2D eigenvalue weighted by atomic mass is 9.94. The van der Waals surface area contributed by atoms with Crippen molar-refractivity contribution < 1.29 is 22.0 Å². The monoisotopic (exact) mass is 225 g/mol. The fourth-order valence-electron chi connectivity index (χ4n) is 1.17. The van der Waals surface area contributed by atoms with Crippen LogP contribution in [0.5, 0.6) is 0 Å². The van der Waals surface area contributed by atoms with Crippen molar-refractivity contribution in [2.24, 2.45) is 5.73 Å². The fraction of sp³-hybridized carbons (Fsp3) is 0.333. The van der Waals surface area contributed by atoms with Gasteiger partial charge in [-0.25, -0.2) is 22.0 Å². The number of hydrogen-bond acceptors (Lipinski definition) is 1. The predicted octanol–water partition coefficient (Wildman–Crippen LogP) is 2.58. The van der Waals surface area contributed by atoms with E-state index in [-0.39, 0.29) is 0 Å². The van der Waals surface area contributed by atoms with E-state index in [0.29, 0.717) is 0 Å². The summed E-state index contributed by atoms with van der Waals surface area (Å²) in [6.45, 7) is 2.29. The molecule has 0 amide bonds. The Morgan fingerprint density at radius 1 is 0.733 bits per heavy atom. The molecule has 6 heteroatoms. The lowest BCUT2D eigenvalue weighted by Gasteiger charge is -2.21. The van der Waals surface area contributed by atoms with Crippen molar-refractivity contribution in [2.75, 3.05) is 0 Å². The van der Waals surface area contributed by atoms with Crippen LogP contribution in [0.25, 0.3) is 0 Å². The van der Waals surface area contributed by atoms with Crippen LogP contribution in [0.15, 0.2) is 0 Å². The van der Waals surface area contributed by atoms with Gasteiger partial charge in [0, 0.05) is 11.1 Å². The van der Waals surface area contributed by atoms with Gasteiger partial charge in [0.15, 0.2) is 23.3 Å². The van der Waals surface area contributed by atoms with E-state index >= 15 is 0 Å². The summed E-state index contributed by atoms with van der Waals surface area (Å²) < 4.78 is 64.2. The Morgan fingerprint density at radius 3 is 1.27 bits per heavy atom. The van der Waals surface area contributed by atoms with Crippen LogP contribution in [0.2, 0.25) is 0 Å². The van der Waals surface area contributed by atoms with Crippen molar-refractivity contribution in [3.63, 3.8) is 0 Å². The maximum Gasteiger partial charge on any atom is 0.200 e. The number of rotatable bonds is 1. The van der Waals surface area contributed by atoms with Gasteiger partial charge in [-0.1, -0.05) is 0 Å². The van der Waals surface area contributed by atoms with Gasteiger partial charge in [-0.15, -0.1) is 0 Å². The molecule has 0 aliphatic rings. The number of hydrogen-bond donors (Lipinski definition) is 1. The molecule has 1 rings (SSSR count). The summed E-state index contributed by atoms with van der Waals surface area (Å²) >= 11 is 0. The largest absolute Gasteiger partial charge is 0.322 e. The van der Waals surface area contributed by atoms with Crippen LogP contribution in [0.3, 0.4) is 0 Å². The van der Waals surface area contributed by atoms with E-state index in [1.165, 1.54) is 0 Å². The average molecular weight is 225 g/mol. The van der Waals surface area contributed by atoms with Crippen LogP contribution in [0.1, 0.15) is 19.4 Å². The van der Waals surface area contributed by atoms with E-state index in [9.17, 15) is 22.0 Å². The second-order valence-corrected chi connectivity index (χ2v) is 3.67. The third-order valence-corrected chi connectivity index (χ3v) is 1.85. The summed E-state index contributed by atoms with van der Waals surface area (Å²) in [7, 11) is 0. The highest BCUT2D eigenvalue weighted by Crippen LogP contribution is 2.29. The van der Waals surface area contributed by atoms with Crippen molar-refractivity contribution in [1.29, 1.82) is 0 Å². The summed E-state index contributed by atoms with van der Waals surface area (Å²) in [5.74, 6) is -9.93. The predicted molar refractivity (Wildman–Crippen MR) is 43.4 cm³/mol. The van der Waals surface area contributed by atoms with Gasteiger partial charge in [-0.05, 0) is 13.8 Å². The third kappa shape index (κ3) is 1.81. The minimum absolute atomic E-state index is 1.01. The summed E-state index contributed by atoms with van der Waals surface area (Å²) in [4.78, 5) is 0. The molecule has 1 nitrogen and oxygen atoms in total. The molecule has 0 radical (unpaired) electrons. The van der Waals surface area contributed by atoms with Crippen LogP contribution in [-0.2, 0) is 5.54 Å². The van der Waals surface area contributed by atoms with E-state index in [1.54, 1.807) is 0 Å². The molecule has 0 unspecified atom stereocenters. The van der Waals surface area contributed by atoms with E-state index in [2.05, 4.69) is 0 Å². The highest BCUT2D eigenvalue weighted by molar-refractivity contribution is 5.29. The zero-order valence-electron chi connectivity index (χ0n) is 7.97. The van der Waals surface area contributed by atoms with Crippen molar-refractivity contribution in [3.8, 4) is 0 Å². The molecule has 0 saturated carbocycles. The average Bonchev–Trinajstić information content (AvgIpc) is 2.09. The molecule has 0 atom stereocenters. The highest BCUT2D eigenvalue weighted by atomic mass is 19.2. The molecule has 1 aromatic rings. The molecule has 0 fully saturated rings. The van der Waals surface area contributed by atoms with Gasteiger partial charge < -0.3 is 5.73 Å². The van der Waals surface area contributed by atoms with Crippen LogP contribution < -0.4 is 5.73 Å². The second kappa shape index (κ2) is 3.44. The quantitative estimate of drug-likeness (QED) is 0.443. The standard InChI is InChI=1S/C9H8F5N/c1-9(2,15)3-4(10)6(12)8(14)7(13)5(3)11/h15H2,1-2H3. The van der Waals surface area contributed by atoms with E-state index in [1.807, 2.05) is 0 Å². The maximum atomic E-state index is 13.1. The third-order valence-electron chi connectivity index (χ3n) is 1.85. The van der Waals surface area contributed by atoms with Gasteiger partial charge in [0.1, 0.15) is 0 Å². The number of nitrogens with two attached hydrogens (primary N) is 1. The van der Waals surface area contributed by atoms with Gasteiger partial charge in [0.05, 0.1) is 0 Å². The van der Waals surface area contributed by atoms with Gasteiger partial charge in [-0.2, -0.15) is 0 Å². The Balaban J connectivity index is 3.68. The van der Waals surface area contributed by atoms with Crippen LogP contribution in [0, 0.1) is 29.1 Å². The van der Waals surface area contributed by atoms with Crippen molar-refractivity contribution in [1.82, 2.24) is 0 Å².